The van der Waals surface area contributed by atoms with E-state index in [9.17, 15) is 24.9 Å². The van der Waals surface area contributed by atoms with Crippen LogP contribution < -0.4 is 10.2 Å². The lowest BCUT2D eigenvalue weighted by molar-refractivity contribution is -0.271. The van der Waals surface area contributed by atoms with Crippen molar-refractivity contribution in [1.29, 1.82) is 0 Å². The Morgan fingerprint density at radius 2 is 1.88 bits per heavy atom. The number of nitrogens with one attached hydrogen (secondary N) is 1. The van der Waals surface area contributed by atoms with Crippen LogP contribution in [0.4, 0.5) is 0 Å². The molecule has 0 unspecified atom stereocenters. The van der Waals surface area contributed by atoms with Gasteiger partial charge in [0, 0.05) is 23.2 Å². The molecule has 9 heteroatoms. The van der Waals surface area contributed by atoms with E-state index in [1.54, 1.807) is 6.07 Å². The summed E-state index contributed by atoms with van der Waals surface area (Å²) in [5.74, 6) is -1.37. The van der Waals surface area contributed by atoms with Crippen molar-refractivity contribution in [2.75, 3.05) is 0 Å². The van der Waals surface area contributed by atoms with Crippen LogP contribution in [0.25, 0.3) is 10.9 Å². The molecule has 2 heterocycles. The third-order valence-electron chi connectivity index (χ3n) is 3.80. The molecule has 0 saturated carbocycles. The molecule has 1 fully saturated rings. The lowest BCUT2D eigenvalue weighted by Gasteiger charge is -2.38. The number of aliphatic hydroxyl groups excluding tert-OH is 3. The molecule has 1 aliphatic rings. The third kappa shape index (κ3) is 2.85. The molecule has 0 spiro atoms. The maximum atomic E-state index is 11.8. The van der Waals surface area contributed by atoms with Crippen molar-refractivity contribution in [3.05, 3.63) is 40.7 Å². The van der Waals surface area contributed by atoms with Crippen LogP contribution in [-0.4, -0.2) is 62.1 Å². The molecular formula is C15H15NO8. The number of aromatic amines is 1. The van der Waals surface area contributed by atoms with Crippen LogP contribution in [0.1, 0.15) is 0 Å². The van der Waals surface area contributed by atoms with E-state index in [1.807, 2.05) is 0 Å². The lowest BCUT2D eigenvalue weighted by atomic mass is 9.99. The van der Waals surface area contributed by atoms with E-state index in [0.717, 1.165) is 0 Å². The number of pyridine rings is 1. The number of fused-ring (bicyclic) bond motifs is 1. The van der Waals surface area contributed by atoms with Crippen molar-refractivity contribution < 1.29 is 34.7 Å². The number of ether oxygens (including phenoxy) is 2. The molecule has 3 rings (SSSR count). The monoisotopic (exact) mass is 337 g/mol. The Labute approximate surface area is 134 Å². The Morgan fingerprint density at radius 3 is 2.58 bits per heavy atom. The van der Waals surface area contributed by atoms with Crippen molar-refractivity contribution in [3.63, 3.8) is 0 Å². The van der Waals surface area contributed by atoms with Crippen molar-refractivity contribution >= 4 is 16.9 Å². The van der Waals surface area contributed by atoms with Gasteiger partial charge in [-0.1, -0.05) is 0 Å². The van der Waals surface area contributed by atoms with Crippen molar-refractivity contribution in [2.24, 2.45) is 0 Å². The second-order valence-electron chi connectivity index (χ2n) is 5.40. The minimum Gasteiger partial charge on any atom is -0.479 e. The maximum Gasteiger partial charge on any atom is 0.335 e. The maximum absolute atomic E-state index is 11.8. The van der Waals surface area contributed by atoms with Gasteiger partial charge in [0.15, 0.2) is 11.5 Å². The summed E-state index contributed by atoms with van der Waals surface area (Å²) in [5.41, 5.74) is 0.317. The van der Waals surface area contributed by atoms with Gasteiger partial charge in [0.05, 0.1) is 0 Å². The predicted octanol–water partition coefficient (Wildman–Crippen LogP) is -1.20. The van der Waals surface area contributed by atoms with Crippen LogP contribution in [0.3, 0.4) is 0 Å². The molecule has 0 bridgehead atoms. The molecule has 1 saturated heterocycles. The normalized spacial score (nSPS) is 30.2. The summed E-state index contributed by atoms with van der Waals surface area (Å²) in [6.45, 7) is 0. The van der Waals surface area contributed by atoms with E-state index < -0.39 is 36.7 Å². The zero-order valence-electron chi connectivity index (χ0n) is 12.2. The second kappa shape index (κ2) is 6.21. The van der Waals surface area contributed by atoms with Crippen LogP contribution >= 0.6 is 0 Å². The molecule has 0 radical (unpaired) electrons. The first-order valence-electron chi connectivity index (χ1n) is 7.09. The molecule has 24 heavy (non-hydrogen) atoms. The van der Waals surface area contributed by atoms with Crippen molar-refractivity contribution in [3.8, 4) is 5.75 Å². The first-order chi connectivity index (χ1) is 11.4. The van der Waals surface area contributed by atoms with Crippen LogP contribution in [0.2, 0.25) is 0 Å². The summed E-state index contributed by atoms with van der Waals surface area (Å²) in [5, 5.41) is 38.6. The molecule has 128 valence electrons. The van der Waals surface area contributed by atoms with Gasteiger partial charge in [-0.3, -0.25) is 4.79 Å². The summed E-state index contributed by atoms with van der Waals surface area (Å²) in [6.07, 6.45) is -7.00. The quantitative estimate of drug-likeness (QED) is 0.469. The topological polar surface area (TPSA) is 149 Å². The summed E-state index contributed by atoms with van der Waals surface area (Å²) in [6, 6.07) is 5.79. The van der Waals surface area contributed by atoms with Gasteiger partial charge in [-0.2, -0.15) is 0 Å². The van der Waals surface area contributed by atoms with E-state index in [2.05, 4.69) is 4.98 Å². The fourth-order valence-electron chi connectivity index (χ4n) is 2.51. The first-order valence-corrected chi connectivity index (χ1v) is 7.09. The summed E-state index contributed by atoms with van der Waals surface area (Å²) in [4.78, 5) is 25.8. The number of hydrogen-bond donors (Lipinski definition) is 5. The predicted molar refractivity (Wildman–Crippen MR) is 79.5 cm³/mol. The zero-order chi connectivity index (χ0) is 17.4. The number of aliphatic hydroxyl groups is 3. The fourth-order valence-corrected chi connectivity index (χ4v) is 2.51. The van der Waals surface area contributed by atoms with Gasteiger partial charge in [-0.05, 0) is 18.2 Å². The molecule has 1 aliphatic heterocycles. The van der Waals surface area contributed by atoms with Gasteiger partial charge in [-0.15, -0.1) is 0 Å². The highest BCUT2D eigenvalue weighted by Crippen LogP contribution is 2.25. The van der Waals surface area contributed by atoms with Crippen LogP contribution in [0.15, 0.2) is 35.3 Å². The van der Waals surface area contributed by atoms with Gasteiger partial charge < -0.3 is 34.9 Å². The highest BCUT2D eigenvalue weighted by Gasteiger charge is 2.48. The summed E-state index contributed by atoms with van der Waals surface area (Å²) in [7, 11) is 0. The lowest BCUT2D eigenvalue weighted by Crippen LogP contribution is -2.61. The summed E-state index contributed by atoms with van der Waals surface area (Å²) >= 11 is 0. The number of rotatable bonds is 3. The van der Waals surface area contributed by atoms with Gasteiger partial charge in [0.1, 0.15) is 24.1 Å². The fraction of sp³-hybridized carbons (Fsp3) is 0.333. The molecule has 1 aromatic carbocycles. The SMILES string of the molecule is O=C(O)[C@H]1O[C@@H](Oc2ccc3[nH]ccc(=O)c3c2)[C@H](O)[C@@H](O)[C@@H]1O. The second-order valence-corrected chi connectivity index (χ2v) is 5.40. The summed E-state index contributed by atoms with van der Waals surface area (Å²) < 4.78 is 10.4. The number of H-pyrrole nitrogens is 1. The van der Waals surface area contributed by atoms with Gasteiger partial charge in [0.2, 0.25) is 6.29 Å². The number of carboxylic acid groups (broad SMARTS) is 1. The van der Waals surface area contributed by atoms with Gasteiger partial charge in [0.25, 0.3) is 0 Å². The molecule has 0 amide bonds. The smallest absolute Gasteiger partial charge is 0.335 e. The number of carboxylic acids is 1. The van der Waals surface area contributed by atoms with Crippen LogP contribution in [0.5, 0.6) is 5.75 Å². The van der Waals surface area contributed by atoms with E-state index in [1.165, 1.54) is 24.4 Å². The van der Waals surface area contributed by atoms with Crippen LogP contribution in [-0.2, 0) is 9.53 Å². The molecule has 5 N–H and O–H groups in total. The number of aromatic nitrogens is 1. The minimum atomic E-state index is -1.79. The first kappa shape index (κ1) is 16.4. The molecule has 9 nitrogen and oxygen atoms in total. The van der Waals surface area contributed by atoms with E-state index in [-0.39, 0.29) is 11.2 Å². The van der Waals surface area contributed by atoms with Crippen LogP contribution in [0, 0.1) is 0 Å². The van der Waals surface area contributed by atoms with Crippen molar-refractivity contribution in [1.82, 2.24) is 4.98 Å². The van der Waals surface area contributed by atoms with Crippen molar-refractivity contribution in [2.45, 2.75) is 30.7 Å². The Kier molecular flexibility index (Phi) is 4.24. The highest BCUT2D eigenvalue weighted by molar-refractivity contribution is 5.79. The Bertz CT molecular complexity index is 818. The Hall–Kier alpha value is -2.46. The largest absolute Gasteiger partial charge is 0.479 e. The Balaban J connectivity index is 1.88. The Morgan fingerprint density at radius 1 is 1.12 bits per heavy atom. The number of aliphatic carboxylic acids is 1. The van der Waals surface area contributed by atoms with E-state index in [4.69, 9.17) is 14.6 Å². The van der Waals surface area contributed by atoms with Gasteiger partial charge >= 0.3 is 5.97 Å². The van der Waals surface area contributed by atoms with E-state index >= 15 is 0 Å². The molecule has 0 aliphatic carbocycles. The molecule has 1 aromatic heterocycles. The van der Waals surface area contributed by atoms with Gasteiger partial charge in [-0.25, -0.2) is 4.79 Å². The number of benzene rings is 1. The molecular weight excluding hydrogens is 322 g/mol. The number of hydrogen-bond acceptors (Lipinski definition) is 7. The van der Waals surface area contributed by atoms with E-state index in [0.29, 0.717) is 10.9 Å². The average molecular weight is 337 g/mol. The zero-order valence-corrected chi connectivity index (χ0v) is 12.2. The minimum absolute atomic E-state index is 0.135. The highest BCUT2D eigenvalue weighted by atomic mass is 16.7. The number of carbonyl (C=O) groups is 1. The average Bonchev–Trinajstić information content (AvgIpc) is 2.56. The molecule has 2 aromatic rings. The standard InChI is InChI=1S/C15H15NO8/c17-9-3-4-16-8-2-1-6(5-7(8)9)23-15-12(20)10(18)11(19)13(24-15)14(21)22/h1-5,10-13,15,18-20H,(H,16,17)(H,21,22)/t10-,11-,12+,13-,15+/m0/s1. The third-order valence-corrected chi connectivity index (χ3v) is 3.80. The molecule has 5 atom stereocenters.